The second-order valence-electron chi connectivity index (χ2n) is 6.77. The summed E-state index contributed by atoms with van der Waals surface area (Å²) in [5.74, 6) is 0.250. The first-order chi connectivity index (χ1) is 14.1. The lowest BCUT2D eigenvalue weighted by molar-refractivity contribution is -0.121. The molecule has 0 fully saturated rings. The average Bonchev–Trinajstić information content (AvgIpc) is 3.29. The van der Waals surface area contributed by atoms with Crippen molar-refractivity contribution in [3.05, 3.63) is 53.0 Å². The number of aromatic nitrogens is 1. The van der Waals surface area contributed by atoms with Crippen molar-refractivity contribution >= 4 is 39.1 Å². The average molecular weight is 410 g/mol. The summed E-state index contributed by atoms with van der Waals surface area (Å²) in [6.07, 6.45) is 0.833. The van der Waals surface area contributed by atoms with Crippen LogP contribution in [0, 0.1) is 0 Å². The molecule has 8 heteroatoms. The summed E-state index contributed by atoms with van der Waals surface area (Å²) in [4.78, 5) is 25.5. The van der Waals surface area contributed by atoms with Crippen LogP contribution < -0.4 is 10.1 Å². The molecule has 7 nitrogen and oxygen atoms in total. The Labute approximate surface area is 172 Å². The molecule has 0 bridgehead atoms. The standard InChI is InChI=1S/C21H22N4O3S/c1-3-9-22-20(26)13-25-21(27)18-11-19-17(8-10-29-19)24(18)12-16(23-25)14-4-6-15(28-2)7-5-14/h4-8,10-11H,3,9,12-13H2,1-2H3,(H,22,26). The molecule has 0 atom stereocenters. The molecule has 0 saturated carbocycles. The van der Waals surface area contributed by atoms with Crippen LogP contribution in [0.5, 0.6) is 5.75 Å². The zero-order chi connectivity index (χ0) is 20.4. The molecule has 0 aliphatic carbocycles. The Hall–Kier alpha value is -3.13. The number of hydrogen-bond donors (Lipinski definition) is 1. The molecule has 2 amide bonds. The molecule has 0 saturated heterocycles. The summed E-state index contributed by atoms with van der Waals surface area (Å²) in [5.41, 5.74) is 3.13. The number of nitrogens with one attached hydrogen (secondary N) is 1. The van der Waals surface area contributed by atoms with E-state index in [0.717, 1.165) is 28.0 Å². The van der Waals surface area contributed by atoms with E-state index in [9.17, 15) is 9.59 Å². The number of hydrogen-bond acceptors (Lipinski definition) is 5. The minimum absolute atomic E-state index is 0.114. The number of amides is 2. The van der Waals surface area contributed by atoms with Gasteiger partial charge in [0.05, 0.1) is 29.6 Å². The van der Waals surface area contributed by atoms with Crippen molar-refractivity contribution in [2.45, 2.75) is 19.9 Å². The first-order valence-corrected chi connectivity index (χ1v) is 10.4. The highest BCUT2D eigenvalue weighted by atomic mass is 32.1. The Morgan fingerprint density at radius 3 is 2.79 bits per heavy atom. The van der Waals surface area contributed by atoms with Crippen LogP contribution in [-0.4, -0.2) is 47.3 Å². The van der Waals surface area contributed by atoms with Gasteiger partial charge in [0.1, 0.15) is 18.0 Å². The largest absolute Gasteiger partial charge is 0.497 e. The van der Waals surface area contributed by atoms with Crippen LogP contribution in [0.1, 0.15) is 29.4 Å². The highest BCUT2D eigenvalue weighted by Crippen LogP contribution is 2.28. The monoisotopic (exact) mass is 410 g/mol. The predicted molar refractivity (Wildman–Crippen MR) is 114 cm³/mol. The highest BCUT2D eigenvalue weighted by Gasteiger charge is 2.28. The lowest BCUT2D eigenvalue weighted by atomic mass is 10.1. The Kier molecular flexibility index (Phi) is 5.35. The minimum atomic E-state index is -0.274. The predicted octanol–water partition coefficient (Wildman–Crippen LogP) is 3.10. The highest BCUT2D eigenvalue weighted by molar-refractivity contribution is 7.17. The number of fused-ring (bicyclic) bond motifs is 3. The van der Waals surface area contributed by atoms with Crippen molar-refractivity contribution < 1.29 is 14.3 Å². The van der Waals surface area contributed by atoms with Crippen molar-refractivity contribution in [2.24, 2.45) is 5.10 Å². The molecule has 0 radical (unpaired) electrons. The van der Waals surface area contributed by atoms with Crippen molar-refractivity contribution in [3.63, 3.8) is 0 Å². The molecule has 1 aliphatic rings. The summed E-state index contributed by atoms with van der Waals surface area (Å²) in [7, 11) is 1.62. The zero-order valence-corrected chi connectivity index (χ0v) is 17.2. The molecule has 4 rings (SSSR count). The van der Waals surface area contributed by atoms with Crippen LogP contribution in [0.15, 0.2) is 46.9 Å². The molecule has 150 valence electrons. The molecule has 29 heavy (non-hydrogen) atoms. The summed E-state index contributed by atoms with van der Waals surface area (Å²) in [5, 5.41) is 10.7. The van der Waals surface area contributed by atoms with Gasteiger partial charge in [0.15, 0.2) is 0 Å². The quantitative estimate of drug-likeness (QED) is 0.678. The number of benzene rings is 1. The van der Waals surface area contributed by atoms with Crippen LogP contribution in [-0.2, 0) is 11.3 Å². The number of methoxy groups -OCH3 is 1. The molecule has 0 unspecified atom stereocenters. The van der Waals surface area contributed by atoms with Gasteiger partial charge in [-0.15, -0.1) is 11.3 Å². The van der Waals surface area contributed by atoms with E-state index in [2.05, 4.69) is 10.4 Å². The van der Waals surface area contributed by atoms with E-state index in [1.165, 1.54) is 5.01 Å². The topological polar surface area (TPSA) is 75.9 Å². The number of ether oxygens (including phenoxy) is 1. The van der Waals surface area contributed by atoms with Gasteiger partial charge >= 0.3 is 0 Å². The van der Waals surface area contributed by atoms with Crippen molar-refractivity contribution in [2.75, 3.05) is 20.2 Å². The van der Waals surface area contributed by atoms with E-state index in [1.807, 2.05) is 53.3 Å². The SMILES string of the molecule is CCCNC(=O)CN1N=C(c2ccc(OC)cc2)Cn2c(cc3sccc32)C1=O. The number of hydrazone groups is 1. The van der Waals surface area contributed by atoms with Crippen molar-refractivity contribution in [3.8, 4) is 5.75 Å². The second kappa shape index (κ2) is 8.08. The Morgan fingerprint density at radius 1 is 1.28 bits per heavy atom. The molecule has 1 aliphatic heterocycles. The summed E-state index contributed by atoms with van der Waals surface area (Å²) in [6, 6.07) is 11.4. The van der Waals surface area contributed by atoms with Crippen molar-refractivity contribution in [1.82, 2.24) is 14.9 Å². The fourth-order valence-corrected chi connectivity index (χ4v) is 4.15. The number of carbonyl (C=O) groups excluding carboxylic acids is 2. The lowest BCUT2D eigenvalue weighted by Crippen LogP contribution is -2.38. The molecular formula is C21H22N4O3S. The number of rotatable bonds is 6. The fraction of sp³-hybridized carbons (Fsp3) is 0.286. The normalized spacial score (nSPS) is 13.8. The maximum absolute atomic E-state index is 13.2. The van der Waals surface area contributed by atoms with E-state index in [0.29, 0.717) is 24.5 Å². The third kappa shape index (κ3) is 3.75. The minimum Gasteiger partial charge on any atom is -0.497 e. The van der Waals surface area contributed by atoms with Gasteiger partial charge in [0.25, 0.3) is 5.91 Å². The van der Waals surface area contributed by atoms with E-state index < -0.39 is 0 Å². The summed E-state index contributed by atoms with van der Waals surface area (Å²) in [6.45, 7) is 2.89. The van der Waals surface area contributed by atoms with Gasteiger partial charge < -0.3 is 14.6 Å². The third-order valence-electron chi connectivity index (χ3n) is 4.81. The zero-order valence-electron chi connectivity index (χ0n) is 16.3. The van der Waals surface area contributed by atoms with Gasteiger partial charge in [0, 0.05) is 6.54 Å². The van der Waals surface area contributed by atoms with Crippen LogP contribution >= 0.6 is 11.3 Å². The van der Waals surface area contributed by atoms with Crippen LogP contribution in [0.25, 0.3) is 10.2 Å². The number of thiophene rings is 1. The molecule has 3 aromatic rings. The van der Waals surface area contributed by atoms with Gasteiger partial charge in [-0.1, -0.05) is 6.92 Å². The molecule has 2 aromatic heterocycles. The Bertz CT molecular complexity index is 1080. The van der Waals surface area contributed by atoms with Gasteiger partial charge in [-0.2, -0.15) is 5.10 Å². The molecular weight excluding hydrogens is 388 g/mol. The van der Waals surface area contributed by atoms with Gasteiger partial charge in [-0.3, -0.25) is 9.59 Å². The van der Waals surface area contributed by atoms with Crippen LogP contribution in [0.3, 0.4) is 0 Å². The molecule has 0 spiro atoms. The van der Waals surface area contributed by atoms with Gasteiger partial charge in [-0.25, -0.2) is 5.01 Å². The van der Waals surface area contributed by atoms with Crippen LogP contribution in [0.2, 0.25) is 0 Å². The van der Waals surface area contributed by atoms with Crippen LogP contribution in [0.4, 0.5) is 0 Å². The lowest BCUT2D eigenvalue weighted by Gasteiger charge is -2.16. The maximum atomic E-state index is 13.2. The smallest absolute Gasteiger partial charge is 0.291 e. The molecule has 1 aromatic carbocycles. The maximum Gasteiger partial charge on any atom is 0.291 e. The Morgan fingerprint density at radius 2 is 2.07 bits per heavy atom. The Balaban J connectivity index is 1.75. The number of nitrogens with zero attached hydrogens (tertiary/aromatic N) is 3. The van der Waals surface area contributed by atoms with E-state index >= 15 is 0 Å². The van der Waals surface area contributed by atoms with Gasteiger partial charge in [-0.05, 0) is 53.8 Å². The summed E-state index contributed by atoms with van der Waals surface area (Å²) < 4.78 is 8.25. The molecule has 1 N–H and O–H groups in total. The summed E-state index contributed by atoms with van der Waals surface area (Å²) >= 11 is 1.59. The molecule has 3 heterocycles. The third-order valence-corrected chi connectivity index (χ3v) is 5.67. The fourth-order valence-electron chi connectivity index (χ4n) is 3.33. The van der Waals surface area contributed by atoms with E-state index in [4.69, 9.17) is 4.74 Å². The van der Waals surface area contributed by atoms with Crippen molar-refractivity contribution in [1.29, 1.82) is 0 Å². The number of carbonyl (C=O) groups is 2. The first kappa shape index (κ1) is 19.2. The van der Waals surface area contributed by atoms with E-state index in [-0.39, 0.29) is 18.4 Å². The van der Waals surface area contributed by atoms with Gasteiger partial charge in [0.2, 0.25) is 5.91 Å². The second-order valence-corrected chi connectivity index (χ2v) is 7.72. The first-order valence-electron chi connectivity index (χ1n) is 9.48. The van der Waals surface area contributed by atoms with E-state index in [1.54, 1.807) is 18.4 Å².